The lowest BCUT2D eigenvalue weighted by atomic mass is 10.1. The van der Waals surface area contributed by atoms with Crippen LogP contribution in [-0.4, -0.2) is 37.5 Å². The largest absolute Gasteiger partial charge is 0.495 e. The van der Waals surface area contributed by atoms with E-state index in [0.717, 1.165) is 0 Å². The number of hydrogen-bond donors (Lipinski definition) is 0. The summed E-state index contributed by atoms with van der Waals surface area (Å²) in [4.78, 5) is 21.1. The lowest BCUT2D eigenvalue weighted by molar-refractivity contribution is 0.0992. The zero-order chi connectivity index (χ0) is 18.6. The van der Waals surface area contributed by atoms with Crippen molar-refractivity contribution in [1.29, 1.82) is 0 Å². The van der Waals surface area contributed by atoms with Crippen molar-refractivity contribution in [3.63, 3.8) is 0 Å². The van der Waals surface area contributed by atoms with Gasteiger partial charge in [0.25, 0.3) is 0 Å². The fraction of sp³-hybridized carbons (Fsp3) is 0.105. The van der Waals surface area contributed by atoms with Crippen LogP contribution in [0.1, 0.15) is 16.1 Å². The molecule has 8 nitrogen and oxygen atoms in total. The second kappa shape index (κ2) is 7.20. The minimum Gasteiger partial charge on any atom is -0.495 e. The molecule has 0 atom stereocenters. The molecule has 0 aliphatic heterocycles. The van der Waals surface area contributed by atoms with Crippen LogP contribution in [-0.2, 0) is 6.42 Å². The van der Waals surface area contributed by atoms with Crippen LogP contribution in [0.5, 0.6) is 17.2 Å². The molecule has 8 heteroatoms. The average Bonchev–Trinajstić information content (AvgIpc) is 3.17. The molecular weight excluding hydrogens is 346 g/mol. The van der Waals surface area contributed by atoms with Crippen LogP contribution in [0.3, 0.4) is 0 Å². The summed E-state index contributed by atoms with van der Waals surface area (Å²) in [5.74, 6) is 1.40. The van der Waals surface area contributed by atoms with Gasteiger partial charge in [-0.1, -0.05) is 6.07 Å². The SMILES string of the molecule is COc1cncc(Oc2cc(C(=O)Cc3ccccn3)c3nncn3c2)c1. The van der Waals surface area contributed by atoms with Gasteiger partial charge in [0, 0.05) is 18.0 Å². The zero-order valence-electron chi connectivity index (χ0n) is 14.4. The maximum atomic E-state index is 12.8. The Hall–Kier alpha value is -3.81. The van der Waals surface area contributed by atoms with Crippen LogP contribution in [0.2, 0.25) is 0 Å². The van der Waals surface area contributed by atoms with Crippen LogP contribution in [0.15, 0.2) is 61.4 Å². The molecule has 4 heterocycles. The van der Waals surface area contributed by atoms with E-state index < -0.39 is 0 Å². The molecule has 0 aliphatic rings. The van der Waals surface area contributed by atoms with E-state index in [1.54, 1.807) is 60.6 Å². The van der Waals surface area contributed by atoms with E-state index in [-0.39, 0.29) is 12.2 Å². The first kappa shape index (κ1) is 16.6. The summed E-state index contributed by atoms with van der Waals surface area (Å²) in [7, 11) is 1.55. The van der Waals surface area contributed by atoms with E-state index >= 15 is 0 Å². The quantitative estimate of drug-likeness (QED) is 0.488. The molecule has 134 valence electrons. The molecule has 0 amide bonds. The van der Waals surface area contributed by atoms with Gasteiger partial charge in [0.1, 0.15) is 23.6 Å². The normalized spacial score (nSPS) is 10.7. The highest BCUT2D eigenvalue weighted by molar-refractivity contribution is 6.02. The summed E-state index contributed by atoms with van der Waals surface area (Å²) in [5.41, 5.74) is 1.56. The highest BCUT2D eigenvalue weighted by Gasteiger charge is 2.16. The van der Waals surface area contributed by atoms with Crippen LogP contribution in [0.4, 0.5) is 0 Å². The van der Waals surface area contributed by atoms with Crippen LogP contribution < -0.4 is 9.47 Å². The molecule has 0 saturated heterocycles. The van der Waals surface area contributed by atoms with Gasteiger partial charge in [-0.05, 0) is 18.2 Å². The van der Waals surface area contributed by atoms with Crippen molar-refractivity contribution in [3.05, 3.63) is 72.7 Å². The minimum absolute atomic E-state index is 0.124. The predicted octanol–water partition coefficient (Wildman–Crippen LogP) is 2.75. The molecule has 0 aromatic carbocycles. The lowest BCUT2D eigenvalue weighted by Gasteiger charge is -2.09. The van der Waals surface area contributed by atoms with Gasteiger partial charge in [-0.3, -0.25) is 19.2 Å². The van der Waals surface area contributed by atoms with Crippen molar-refractivity contribution in [2.45, 2.75) is 6.42 Å². The minimum atomic E-state index is -0.124. The molecule has 0 spiro atoms. The van der Waals surface area contributed by atoms with Gasteiger partial charge >= 0.3 is 0 Å². The third-order valence-corrected chi connectivity index (χ3v) is 3.89. The lowest BCUT2D eigenvalue weighted by Crippen LogP contribution is -2.08. The van der Waals surface area contributed by atoms with E-state index in [2.05, 4.69) is 20.2 Å². The average molecular weight is 361 g/mol. The molecule has 4 aromatic rings. The van der Waals surface area contributed by atoms with E-state index in [1.165, 1.54) is 6.33 Å². The number of hydrogen-bond acceptors (Lipinski definition) is 7. The molecule has 4 aromatic heterocycles. The number of carbonyl (C=O) groups is 1. The van der Waals surface area contributed by atoms with Gasteiger partial charge in [-0.2, -0.15) is 0 Å². The maximum Gasteiger partial charge on any atom is 0.172 e. The second-order valence-corrected chi connectivity index (χ2v) is 5.73. The van der Waals surface area contributed by atoms with Crippen LogP contribution in [0, 0.1) is 0 Å². The van der Waals surface area contributed by atoms with Crippen molar-refractivity contribution in [3.8, 4) is 17.2 Å². The monoisotopic (exact) mass is 361 g/mol. The standard InChI is InChI=1S/C19H15N5O3/c1-26-14-7-15(10-20-9-14)27-16-8-17(19-23-22-12-24(19)11-16)18(25)6-13-4-2-3-5-21-13/h2-5,7-12H,6H2,1H3. The van der Waals surface area contributed by atoms with Gasteiger partial charge < -0.3 is 9.47 Å². The number of pyridine rings is 3. The Morgan fingerprint density at radius 2 is 2.04 bits per heavy atom. The number of nitrogens with zero attached hydrogens (tertiary/aromatic N) is 5. The number of ketones is 1. The van der Waals surface area contributed by atoms with E-state index in [1.807, 2.05) is 6.07 Å². The van der Waals surface area contributed by atoms with Crippen molar-refractivity contribution < 1.29 is 14.3 Å². The van der Waals surface area contributed by atoms with E-state index in [4.69, 9.17) is 9.47 Å². The molecule has 27 heavy (non-hydrogen) atoms. The highest BCUT2D eigenvalue weighted by atomic mass is 16.5. The van der Waals surface area contributed by atoms with Gasteiger partial charge in [-0.25, -0.2) is 0 Å². The summed E-state index contributed by atoms with van der Waals surface area (Å²) in [6.07, 6.45) is 8.18. The second-order valence-electron chi connectivity index (χ2n) is 5.73. The number of carbonyl (C=O) groups excluding carboxylic acids is 1. The molecular formula is C19H15N5O3. The van der Waals surface area contributed by atoms with E-state index in [0.29, 0.717) is 34.2 Å². The number of Topliss-reactive ketones (excluding diaryl/α,β-unsaturated/α-hetero) is 1. The smallest absolute Gasteiger partial charge is 0.172 e. The molecule has 0 aliphatic carbocycles. The number of fused-ring (bicyclic) bond motifs is 1. The van der Waals surface area contributed by atoms with Gasteiger partial charge in [-0.15, -0.1) is 10.2 Å². The Labute approximate surface area is 154 Å². The number of methoxy groups -OCH3 is 1. The van der Waals surface area contributed by atoms with Crippen LogP contribution >= 0.6 is 0 Å². The Balaban J connectivity index is 1.68. The fourth-order valence-corrected chi connectivity index (χ4v) is 2.64. The molecule has 0 saturated carbocycles. The number of aromatic nitrogens is 5. The Bertz CT molecular complexity index is 1090. The third-order valence-electron chi connectivity index (χ3n) is 3.89. The first-order chi connectivity index (χ1) is 13.2. The third kappa shape index (κ3) is 3.59. The van der Waals surface area contributed by atoms with Gasteiger partial charge in [0.2, 0.25) is 0 Å². The molecule has 0 unspecified atom stereocenters. The van der Waals surface area contributed by atoms with Crippen molar-refractivity contribution >= 4 is 11.4 Å². The molecule has 0 bridgehead atoms. The topological polar surface area (TPSA) is 91.5 Å². The summed E-state index contributed by atoms with van der Waals surface area (Å²) >= 11 is 0. The zero-order valence-corrected chi connectivity index (χ0v) is 14.4. The summed E-state index contributed by atoms with van der Waals surface area (Å²) in [6.45, 7) is 0. The van der Waals surface area contributed by atoms with Crippen molar-refractivity contribution in [2.75, 3.05) is 7.11 Å². The fourth-order valence-electron chi connectivity index (χ4n) is 2.64. The summed E-state index contributed by atoms with van der Waals surface area (Å²) < 4.78 is 12.7. The Kier molecular flexibility index (Phi) is 4.44. The first-order valence-corrected chi connectivity index (χ1v) is 8.16. The Morgan fingerprint density at radius 3 is 2.85 bits per heavy atom. The van der Waals surface area contributed by atoms with Gasteiger partial charge in [0.15, 0.2) is 11.4 Å². The first-order valence-electron chi connectivity index (χ1n) is 8.16. The summed E-state index contributed by atoms with van der Waals surface area (Å²) in [5, 5.41) is 7.92. The Morgan fingerprint density at radius 1 is 1.15 bits per heavy atom. The molecule has 4 rings (SSSR count). The van der Waals surface area contributed by atoms with Crippen LogP contribution in [0.25, 0.3) is 5.65 Å². The summed E-state index contributed by atoms with van der Waals surface area (Å²) in [6, 6.07) is 8.81. The predicted molar refractivity (Wildman–Crippen MR) is 96.1 cm³/mol. The number of rotatable bonds is 6. The molecule has 0 radical (unpaired) electrons. The van der Waals surface area contributed by atoms with E-state index in [9.17, 15) is 4.79 Å². The molecule has 0 fully saturated rings. The highest BCUT2D eigenvalue weighted by Crippen LogP contribution is 2.26. The van der Waals surface area contributed by atoms with Gasteiger partial charge in [0.05, 0.1) is 37.7 Å². The number of ether oxygens (including phenoxy) is 2. The van der Waals surface area contributed by atoms with Crippen molar-refractivity contribution in [1.82, 2.24) is 24.6 Å². The molecule has 0 N–H and O–H groups in total. The van der Waals surface area contributed by atoms with Crippen molar-refractivity contribution in [2.24, 2.45) is 0 Å². The maximum absolute atomic E-state index is 12.8.